The molecule has 3 aromatic rings. The molecule has 0 radical (unpaired) electrons. The number of rotatable bonds is 5. The summed E-state index contributed by atoms with van der Waals surface area (Å²) in [6.45, 7) is 8.02. The van der Waals surface area contributed by atoms with Crippen molar-refractivity contribution in [3.05, 3.63) is 65.1 Å². The lowest BCUT2D eigenvalue weighted by atomic mass is 9.99. The van der Waals surface area contributed by atoms with Gasteiger partial charge in [0, 0.05) is 43.1 Å². The van der Waals surface area contributed by atoms with Gasteiger partial charge in [0.05, 0.1) is 5.69 Å². The number of aryl methyl sites for hydroxylation is 2. The molecule has 0 saturated heterocycles. The van der Waals surface area contributed by atoms with Crippen LogP contribution in [0.25, 0.3) is 0 Å². The van der Waals surface area contributed by atoms with Gasteiger partial charge in [-0.2, -0.15) is 5.10 Å². The highest BCUT2D eigenvalue weighted by Gasteiger charge is 2.34. The Bertz CT molecular complexity index is 1100. The molecule has 0 bridgehead atoms. The predicted molar refractivity (Wildman–Crippen MR) is 114 cm³/mol. The Labute approximate surface area is 176 Å². The summed E-state index contributed by atoms with van der Waals surface area (Å²) in [6, 6.07) is 9.24. The fourth-order valence-electron chi connectivity index (χ4n) is 3.58. The van der Waals surface area contributed by atoms with Crippen molar-refractivity contribution < 1.29 is 14.3 Å². The van der Waals surface area contributed by atoms with Crippen molar-refractivity contribution >= 4 is 11.7 Å². The van der Waals surface area contributed by atoms with Crippen molar-refractivity contribution in [1.82, 2.24) is 14.8 Å². The maximum Gasteiger partial charge on any atom is 0.257 e. The highest BCUT2D eigenvalue weighted by molar-refractivity contribution is 6.04. The van der Waals surface area contributed by atoms with E-state index in [0.717, 1.165) is 16.8 Å². The number of carbonyl (C=O) groups is 1. The first-order valence-corrected chi connectivity index (χ1v) is 9.96. The smallest absolute Gasteiger partial charge is 0.257 e. The first-order valence-electron chi connectivity index (χ1n) is 9.96. The van der Waals surface area contributed by atoms with Crippen LogP contribution in [0.1, 0.15) is 54.1 Å². The number of amides is 1. The number of nitrogens with one attached hydrogen (secondary N) is 1. The van der Waals surface area contributed by atoms with Gasteiger partial charge in [0.2, 0.25) is 0 Å². The zero-order valence-corrected chi connectivity index (χ0v) is 17.9. The number of anilines is 1. The number of fused-ring (bicyclic) bond motifs is 1. The van der Waals surface area contributed by atoms with Crippen molar-refractivity contribution in [3.8, 4) is 11.5 Å². The van der Waals surface area contributed by atoms with E-state index >= 15 is 0 Å². The van der Waals surface area contributed by atoms with E-state index < -0.39 is 0 Å². The Hall–Kier alpha value is -3.35. The number of hydrogen-bond acceptors (Lipinski definition) is 5. The molecule has 1 aromatic carbocycles. The van der Waals surface area contributed by atoms with Crippen LogP contribution in [0.3, 0.4) is 0 Å². The second-order valence-electron chi connectivity index (χ2n) is 8.34. The topological polar surface area (TPSA) is 78.3 Å². The fourth-order valence-corrected chi connectivity index (χ4v) is 3.58. The third-order valence-corrected chi connectivity index (χ3v) is 5.03. The van der Waals surface area contributed by atoms with E-state index in [9.17, 15) is 4.79 Å². The van der Waals surface area contributed by atoms with Crippen molar-refractivity contribution in [1.29, 1.82) is 0 Å². The molecule has 0 aliphatic carbocycles. The third kappa shape index (κ3) is 4.15. The van der Waals surface area contributed by atoms with Gasteiger partial charge in [-0.05, 0) is 57.5 Å². The van der Waals surface area contributed by atoms with E-state index in [-0.39, 0.29) is 17.6 Å². The molecule has 2 aromatic heterocycles. The molecule has 30 heavy (non-hydrogen) atoms. The van der Waals surface area contributed by atoms with Crippen LogP contribution in [0.2, 0.25) is 0 Å². The summed E-state index contributed by atoms with van der Waals surface area (Å²) in [5.41, 5.74) is 3.02. The van der Waals surface area contributed by atoms with Crippen LogP contribution in [-0.4, -0.2) is 26.3 Å². The normalized spacial score (nSPS) is 15.2. The summed E-state index contributed by atoms with van der Waals surface area (Å²) >= 11 is 0. The molecule has 7 heteroatoms. The number of pyridine rings is 1. The van der Waals surface area contributed by atoms with Crippen LogP contribution in [0, 0.1) is 6.92 Å². The monoisotopic (exact) mass is 406 g/mol. The van der Waals surface area contributed by atoms with Gasteiger partial charge in [0.15, 0.2) is 5.82 Å². The maximum absolute atomic E-state index is 12.9. The largest absolute Gasteiger partial charge is 0.487 e. The van der Waals surface area contributed by atoms with E-state index in [1.165, 1.54) is 0 Å². The highest BCUT2D eigenvalue weighted by atomic mass is 16.5. The lowest BCUT2D eigenvalue weighted by Crippen LogP contribution is -2.24. The average Bonchev–Trinajstić information content (AvgIpc) is 3.22. The van der Waals surface area contributed by atoms with E-state index in [0.29, 0.717) is 29.3 Å². The van der Waals surface area contributed by atoms with Crippen molar-refractivity contribution in [2.75, 3.05) is 5.32 Å². The Morgan fingerprint density at radius 1 is 1.30 bits per heavy atom. The van der Waals surface area contributed by atoms with Gasteiger partial charge in [-0.3, -0.25) is 14.5 Å². The summed E-state index contributed by atoms with van der Waals surface area (Å²) in [6.07, 6.45) is 3.98. The lowest BCUT2D eigenvalue weighted by molar-refractivity contribution is 0.102. The van der Waals surface area contributed by atoms with Gasteiger partial charge in [-0.1, -0.05) is 0 Å². The van der Waals surface area contributed by atoms with Crippen LogP contribution < -0.4 is 14.8 Å². The first kappa shape index (κ1) is 19.9. The zero-order chi connectivity index (χ0) is 21.5. The molecule has 0 spiro atoms. The first-order chi connectivity index (χ1) is 14.2. The molecule has 1 atom stereocenters. The summed E-state index contributed by atoms with van der Waals surface area (Å²) < 4.78 is 14.0. The molecule has 156 valence electrons. The summed E-state index contributed by atoms with van der Waals surface area (Å²) in [7, 11) is 1.80. The number of benzene rings is 1. The second-order valence-corrected chi connectivity index (χ2v) is 8.34. The average molecular weight is 406 g/mol. The third-order valence-electron chi connectivity index (χ3n) is 5.03. The number of ether oxygens (including phenoxy) is 2. The second kappa shape index (κ2) is 7.48. The van der Waals surface area contributed by atoms with E-state index in [1.807, 2.05) is 39.8 Å². The fraction of sp³-hybridized carbons (Fsp3) is 0.348. The highest BCUT2D eigenvalue weighted by Crippen LogP contribution is 2.42. The Balaban J connectivity index is 1.66. The van der Waals surface area contributed by atoms with Gasteiger partial charge < -0.3 is 14.8 Å². The van der Waals surface area contributed by atoms with E-state index in [4.69, 9.17) is 9.47 Å². The zero-order valence-electron chi connectivity index (χ0n) is 17.9. The van der Waals surface area contributed by atoms with Crippen LogP contribution in [0.15, 0.2) is 42.7 Å². The molecule has 1 unspecified atom stereocenters. The minimum Gasteiger partial charge on any atom is -0.487 e. The van der Waals surface area contributed by atoms with Gasteiger partial charge >= 0.3 is 0 Å². The number of hydrogen-bond donors (Lipinski definition) is 1. The molecule has 0 fully saturated rings. The van der Waals surface area contributed by atoms with Gasteiger partial charge in [0.25, 0.3) is 5.91 Å². The Kier molecular flexibility index (Phi) is 4.97. The molecular weight excluding hydrogens is 380 g/mol. The molecule has 1 aliphatic heterocycles. The Morgan fingerprint density at radius 3 is 2.80 bits per heavy atom. The standard InChI is InChI=1S/C23H26N4O3/c1-14-6-8-24-18(10-14)15(2)29-19-11-16(12-20-17(19)13-23(3,4)30-20)22(28)25-21-7-9-27(5)26-21/h6-12,15H,13H2,1-5H3,(H,25,26,28). The molecule has 1 amide bonds. The molecular formula is C23H26N4O3. The molecule has 1 N–H and O–H groups in total. The van der Waals surface area contributed by atoms with Crippen molar-refractivity contribution in [2.24, 2.45) is 7.05 Å². The van der Waals surface area contributed by atoms with Gasteiger partial charge in [-0.25, -0.2) is 0 Å². The SMILES string of the molecule is Cc1ccnc(C(C)Oc2cc(C(=O)Nc3ccn(C)n3)cc3c2CC(C)(C)O3)c1. The molecule has 0 saturated carbocycles. The Morgan fingerprint density at radius 2 is 2.10 bits per heavy atom. The van der Waals surface area contributed by atoms with Crippen molar-refractivity contribution in [2.45, 2.75) is 45.8 Å². The van der Waals surface area contributed by atoms with Gasteiger partial charge in [-0.15, -0.1) is 0 Å². The van der Waals surface area contributed by atoms with E-state index in [2.05, 4.69) is 15.4 Å². The lowest BCUT2D eigenvalue weighted by Gasteiger charge is -2.18. The minimum atomic E-state index is -0.360. The summed E-state index contributed by atoms with van der Waals surface area (Å²) in [5.74, 6) is 1.54. The van der Waals surface area contributed by atoms with Crippen LogP contribution in [-0.2, 0) is 13.5 Å². The molecule has 4 rings (SSSR count). The van der Waals surface area contributed by atoms with Gasteiger partial charge in [0.1, 0.15) is 23.2 Å². The minimum absolute atomic E-state index is 0.268. The maximum atomic E-state index is 12.9. The quantitative estimate of drug-likeness (QED) is 0.686. The van der Waals surface area contributed by atoms with Crippen LogP contribution in [0.5, 0.6) is 11.5 Å². The van der Waals surface area contributed by atoms with Crippen molar-refractivity contribution in [3.63, 3.8) is 0 Å². The number of aromatic nitrogens is 3. The number of carbonyl (C=O) groups excluding carboxylic acids is 1. The predicted octanol–water partition coefficient (Wildman–Crippen LogP) is 4.23. The van der Waals surface area contributed by atoms with E-state index in [1.54, 1.807) is 42.3 Å². The van der Waals surface area contributed by atoms with Crippen LogP contribution in [0.4, 0.5) is 5.82 Å². The number of nitrogens with zero attached hydrogens (tertiary/aromatic N) is 3. The summed E-state index contributed by atoms with van der Waals surface area (Å²) in [5, 5.41) is 7.02. The molecule has 3 heterocycles. The molecule has 1 aliphatic rings. The summed E-state index contributed by atoms with van der Waals surface area (Å²) in [4.78, 5) is 17.3. The molecule has 7 nitrogen and oxygen atoms in total. The van der Waals surface area contributed by atoms with Crippen LogP contribution >= 0.6 is 0 Å².